The van der Waals surface area contributed by atoms with Crippen LogP contribution in [-0.4, -0.2) is 30.9 Å². The number of hydrogen-bond donors (Lipinski definition) is 0. The highest BCUT2D eigenvalue weighted by atomic mass is 35.5. The van der Waals surface area contributed by atoms with Crippen LogP contribution in [0.15, 0.2) is 53.6 Å². The normalized spacial score (nSPS) is 21.0. The lowest BCUT2D eigenvalue weighted by Gasteiger charge is -2.33. The van der Waals surface area contributed by atoms with E-state index < -0.39 is 5.97 Å². The van der Waals surface area contributed by atoms with Crippen molar-refractivity contribution < 1.29 is 14.3 Å². The maximum absolute atomic E-state index is 12.5. The molecular weight excluding hydrogens is 340 g/mol. The largest absolute Gasteiger partial charge is 0.489 e. The van der Waals surface area contributed by atoms with E-state index in [1.807, 2.05) is 47.5 Å². The van der Waals surface area contributed by atoms with Gasteiger partial charge in [-0.05, 0) is 30.7 Å². The van der Waals surface area contributed by atoms with Gasteiger partial charge in [0.25, 0.3) is 0 Å². The molecule has 0 aliphatic carbocycles. The number of carbonyl (C=O) groups excluding carboxylic acids is 1. The fraction of sp³-hybridized carbons (Fsp3) is 0.263. The molecule has 6 heteroatoms. The van der Waals surface area contributed by atoms with Crippen LogP contribution in [0.4, 0.5) is 5.69 Å². The average Bonchev–Trinajstić information content (AvgIpc) is 3.03. The van der Waals surface area contributed by atoms with Crippen molar-refractivity contribution >= 4 is 29.0 Å². The van der Waals surface area contributed by atoms with E-state index in [1.165, 1.54) is 0 Å². The van der Waals surface area contributed by atoms with Crippen molar-refractivity contribution in [2.45, 2.75) is 18.9 Å². The highest BCUT2D eigenvalue weighted by Crippen LogP contribution is 2.43. The quantitative estimate of drug-likeness (QED) is 0.788. The van der Waals surface area contributed by atoms with Crippen molar-refractivity contribution in [1.29, 1.82) is 0 Å². The summed E-state index contributed by atoms with van der Waals surface area (Å²) < 4.78 is 11.1. The molecule has 5 nitrogen and oxygen atoms in total. The van der Waals surface area contributed by atoms with Crippen LogP contribution in [-0.2, 0) is 9.53 Å². The number of hydrazone groups is 1. The van der Waals surface area contributed by atoms with Crippen LogP contribution in [0.2, 0.25) is 5.02 Å². The molecule has 0 bridgehead atoms. The van der Waals surface area contributed by atoms with Crippen molar-refractivity contribution in [1.82, 2.24) is 0 Å². The van der Waals surface area contributed by atoms with Gasteiger partial charge in [0.15, 0.2) is 5.71 Å². The van der Waals surface area contributed by atoms with Gasteiger partial charge in [-0.2, -0.15) is 5.10 Å². The number of carbonyl (C=O) groups is 1. The van der Waals surface area contributed by atoms with Crippen LogP contribution in [0.25, 0.3) is 0 Å². The maximum Gasteiger partial charge on any atom is 0.355 e. The number of hydrogen-bond acceptors (Lipinski definition) is 5. The number of nitrogens with zero attached hydrogens (tertiary/aromatic N) is 2. The van der Waals surface area contributed by atoms with Gasteiger partial charge in [0, 0.05) is 5.02 Å². The van der Waals surface area contributed by atoms with E-state index >= 15 is 0 Å². The molecule has 0 N–H and O–H groups in total. The Morgan fingerprint density at radius 3 is 2.88 bits per heavy atom. The summed E-state index contributed by atoms with van der Waals surface area (Å²) in [6, 6.07) is 15.1. The highest BCUT2D eigenvalue weighted by molar-refractivity contribution is 6.40. The van der Waals surface area contributed by atoms with Gasteiger partial charge >= 0.3 is 5.97 Å². The SMILES string of the molecule is CCOC(=O)C1=NN2c3cc(Cl)ccc3OCC2C1c1ccccc1. The zero-order valence-electron chi connectivity index (χ0n) is 13.7. The Bertz CT molecular complexity index is 838. The Hall–Kier alpha value is -2.53. The van der Waals surface area contributed by atoms with Gasteiger partial charge in [-0.3, -0.25) is 5.01 Å². The number of rotatable bonds is 3. The number of esters is 1. The van der Waals surface area contributed by atoms with Gasteiger partial charge < -0.3 is 9.47 Å². The molecule has 2 aromatic carbocycles. The van der Waals surface area contributed by atoms with Crippen molar-refractivity contribution in [3.63, 3.8) is 0 Å². The summed E-state index contributed by atoms with van der Waals surface area (Å²) in [6.45, 7) is 2.53. The van der Waals surface area contributed by atoms with Crippen LogP contribution in [0.1, 0.15) is 18.4 Å². The highest BCUT2D eigenvalue weighted by Gasteiger charge is 2.45. The fourth-order valence-corrected chi connectivity index (χ4v) is 3.52. The van der Waals surface area contributed by atoms with Crippen molar-refractivity contribution in [3.05, 3.63) is 59.1 Å². The molecule has 25 heavy (non-hydrogen) atoms. The summed E-state index contributed by atoms with van der Waals surface area (Å²) in [5.74, 6) is 0.100. The van der Waals surface area contributed by atoms with Gasteiger partial charge in [0.2, 0.25) is 0 Å². The van der Waals surface area contributed by atoms with Gasteiger partial charge in [0.05, 0.1) is 18.6 Å². The molecule has 0 radical (unpaired) electrons. The minimum absolute atomic E-state index is 0.118. The topological polar surface area (TPSA) is 51.1 Å². The number of benzene rings is 2. The zero-order chi connectivity index (χ0) is 17.4. The Morgan fingerprint density at radius 2 is 2.12 bits per heavy atom. The lowest BCUT2D eigenvalue weighted by atomic mass is 9.87. The molecule has 4 rings (SSSR count). The zero-order valence-corrected chi connectivity index (χ0v) is 14.4. The summed E-state index contributed by atoms with van der Waals surface area (Å²) in [5, 5.41) is 7.04. The van der Waals surface area contributed by atoms with Crippen molar-refractivity contribution in [2.75, 3.05) is 18.2 Å². The smallest absolute Gasteiger partial charge is 0.355 e. The second-order valence-electron chi connectivity index (χ2n) is 5.93. The van der Waals surface area contributed by atoms with E-state index in [-0.39, 0.29) is 12.0 Å². The van der Waals surface area contributed by atoms with Crippen LogP contribution < -0.4 is 9.75 Å². The summed E-state index contributed by atoms with van der Waals surface area (Å²) in [7, 11) is 0. The number of fused-ring (bicyclic) bond motifs is 3. The molecule has 0 spiro atoms. The molecule has 2 aliphatic heterocycles. The maximum atomic E-state index is 12.5. The van der Waals surface area contributed by atoms with Crippen LogP contribution in [0, 0.1) is 0 Å². The molecule has 2 aliphatic rings. The second kappa shape index (κ2) is 6.41. The third-order valence-electron chi connectivity index (χ3n) is 4.43. The lowest BCUT2D eigenvalue weighted by molar-refractivity contribution is -0.135. The minimum atomic E-state index is -0.394. The molecule has 0 aromatic heterocycles. The van der Waals surface area contributed by atoms with E-state index in [0.29, 0.717) is 29.7 Å². The molecule has 0 amide bonds. The lowest BCUT2D eigenvalue weighted by Crippen LogP contribution is -2.41. The van der Waals surface area contributed by atoms with Gasteiger partial charge in [0.1, 0.15) is 18.0 Å². The molecule has 2 unspecified atom stereocenters. The van der Waals surface area contributed by atoms with E-state index in [0.717, 1.165) is 11.3 Å². The second-order valence-corrected chi connectivity index (χ2v) is 6.37. The first-order chi connectivity index (χ1) is 12.2. The molecule has 128 valence electrons. The van der Waals surface area contributed by atoms with Crippen LogP contribution in [0.3, 0.4) is 0 Å². The van der Waals surface area contributed by atoms with Crippen LogP contribution >= 0.6 is 11.6 Å². The fourth-order valence-electron chi connectivity index (χ4n) is 3.36. The van der Waals surface area contributed by atoms with Crippen LogP contribution in [0.5, 0.6) is 5.75 Å². The molecule has 0 saturated carbocycles. The molecule has 0 saturated heterocycles. The first kappa shape index (κ1) is 16.0. The summed E-state index contributed by atoms with van der Waals surface area (Å²) in [5.41, 5.74) is 2.18. The van der Waals surface area contributed by atoms with Crippen molar-refractivity contribution in [3.8, 4) is 5.75 Å². The molecule has 2 heterocycles. The van der Waals surface area contributed by atoms with Gasteiger partial charge in [-0.25, -0.2) is 4.79 Å². The third kappa shape index (κ3) is 2.74. The monoisotopic (exact) mass is 356 g/mol. The third-order valence-corrected chi connectivity index (χ3v) is 4.66. The molecule has 2 aromatic rings. The minimum Gasteiger partial charge on any atom is -0.489 e. The van der Waals surface area contributed by atoms with E-state index in [4.69, 9.17) is 21.1 Å². The van der Waals surface area contributed by atoms with Gasteiger partial charge in [-0.1, -0.05) is 41.9 Å². The first-order valence-corrected chi connectivity index (χ1v) is 8.59. The number of halogens is 1. The number of ether oxygens (including phenoxy) is 2. The Morgan fingerprint density at radius 1 is 1.32 bits per heavy atom. The summed E-state index contributed by atoms with van der Waals surface area (Å²) >= 11 is 6.15. The summed E-state index contributed by atoms with van der Waals surface area (Å²) in [6.07, 6.45) is 0. The first-order valence-electron chi connectivity index (χ1n) is 8.21. The van der Waals surface area contributed by atoms with E-state index in [9.17, 15) is 4.79 Å². The Kier molecular flexibility index (Phi) is 4.09. The van der Waals surface area contributed by atoms with E-state index in [2.05, 4.69) is 5.10 Å². The van der Waals surface area contributed by atoms with E-state index in [1.54, 1.807) is 13.0 Å². The summed E-state index contributed by atoms with van der Waals surface area (Å²) in [4.78, 5) is 12.5. The number of anilines is 1. The van der Waals surface area contributed by atoms with Gasteiger partial charge in [-0.15, -0.1) is 0 Å². The molecule has 2 atom stereocenters. The van der Waals surface area contributed by atoms with Crippen molar-refractivity contribution in [2.24, 2.45) is 5.10 Å². The predicted octanol–water partition coefficient (Wildman–Crippen LogP) is 3.62. The molecule has 0 fully saturated rings. The predicted molar refractivity (Wildman–Crippen MR) is 96.5 cm³/mol. The standard InChI is InChI=1S/C19H17ClN2O3/c1-2-24-19(23)18-17(12-6-4-3-5-7-12)15-11-25-16-9-8-13(20)10-14(16)22(15)21-18/h3-10,15,17H,2,11H2,1H3. The Labute approximate surface area is 150 Å². The Balaban J connectivity index is 1.80. The average molecular weight is 357 g/mol. The molecular formula is C19H17ClN2O3.